The molecule has 1 saturated carbocycles. The van der Waals surface area contributed by atoms with Crippen molar-refractivity contribution in [3.63, 3.8) is 0 Å². The zero-order valence-electron chi connectivity index (χ0n) is 17.2. The number of carbonyl (C=O) groups excluding carboxylic acids is 1. The number of fused-ring (bicyclic) bond motifs is 1. The molecule has 4 rings (SSSR count). The number of allylic oxidation sites excluding steroid dienone is 5. The van der Waals surface area contributed by atoms with Crippen LogP contribution >= 0.6 is 11.6 Å². The molecule has 0 bridgehead atoms. The third kappa shape index (κ3) is 3.94. The summed E-state index contributed by atoms with van der Waals surface area (Å²) in [7, 11) is 1.41. The van der Waals surface area contributed by atoms with Crippen LogP contribution in [-0.2, 0) is 9.53 Å². The minimum absolute atomic E-state index is 0.317. The number of aromatic amines is 1. The maximum absolute atomic E-state index is 13.1. The number of H-pyrrole nitrogens is 1. The molecule has 156 valence electrons. The van der Waals surface area contributed by atoms with E-state index in [9.17, 15) is 4.79 Å². The molecule has 1 aromatic heterocycles. The standard InChI is InChI=1S/C24H26ClN3O2/c1-3-4-5-6-7-12-24(23(29)30-2)22(28(16-26-24)15-17-8-9-17)21-13-18-10-11-19(25)14-20(18)27-21/h3-7,10-14,16-17,22,27H,8-9,15H2,1-2H3/b4-3-,6-5-,12-7+/t22?,24-/m1/s1. The summed E-state index contributed by atoms with van der Waals surface area (Å²) in [5, 5.41) is 1.71. The Bertz CT molecular complexity index is 1050. The molecule has 2 aromatic rings. The number of hydrogen-bond acceptors (Lipinski definition) is 4. The van der Waals surface area contributed by atoms with Crippen LogP contribution in [0.1, 0.15) is 31.5 Å². The van der Waals surface area contributed by atoms with Gasteiger partial charge in [0.15, 0.2) is 0 Å². The number of carbonyl (C=O) groups is 1. The highest BCUT2D eigenvalue weighted by atomic mass is 35.5. The third-order valence-electron chi connectivity index (χ3n) is 5.62. The Labute approximate surface area is 181 Å². The number of nitrogens with one attached hydrogen (secondary N) is 1. The summed E-state index contributed by atoms with van der Waals surface area (Å²) < 4.78 is 5.23. The third-order valence-corrected chi connectivity index (χ3v) is 5.86. The van der Waals surface area contributed by atoms with Crippen LogP contribution in [0.4, 0.5) is 0 Å². The van der Waals surface area contributed by atoms with E-state index in [1.54, 1.807) is 6.34 Å². The van der Waals surface area contributed by atoms with Gasteiger partial charge in [-0.3, -0.25) is 4.99 Å². The molecule has 1 fully saturated rings. The molecule has 0 spiro atoms. The minimum atomic E-state index is -1.16. The number of esters is 1. The fraction of sp³-hybridized carbons (Fsp3) is 0.333. The lowest BCUT2D eigenvalue weighted by atomic mass is 9.87. The average molecular weight is 424 g/mol. The molecule has 0 amide bonds. The predicted octanol–water partition coefficient (Wildman–Crippen LogP) is 5.22. The van der Waals surface area contributed by atoms with Crippen molar-refractivity contribution in [1.29, 1.82) is 0 Å². The first-order valence-electron chi connectivity index (χ1n) is 10.2. The normalized spacial score (nSPS) is 24.2. The Balaban J connectivity index is 1.78. The number of nitrogens with zero attached hydrogens (tertiary/aromatic N) is 2. The molecule has 2 atom stereocenters. The summed E-state index contributed by atoms with van der Waals surface area (Å²) in [6, 6.07) is 7.51. The second-order valence-electron chi connectivity index (χ2n) is 7.83. The zero-order valence-corrected chi connectivity index (χ0v) is 18.0. The number of halogens is 1. The molecule has 1 N–H and O–H groups in total. The molecular weight excluding hydrogens is 398 g/mol. The van der Waals surface area contributed by atoms with Crippen molar-refractivity contribution < 1.29 is 9.53 Å². The van der Waals surface area contributed by atoms with E-state index in [1.165, 1.54) is 20.0 Å². The van der Waals surface area contributed by atoms with Gasteiger partial charge in [0.25, 0.3) is 0 Å². The summed E-state index contributed by atoms with van der Waals surface area (Å²) >= 11 is 6.18. The van der Waals surface area contributed by atoms with E-state index >= 15 is 0 Å². The van der Waals surface area contributed by atoms with Crippen LogP contribution < -0.4 is 0 Å². The molecule has 5 nitrogen and oxygen atoms in total. The van der Waals surface area contributed by atoms with Crippen LogP contribution in [0.15, 0.2) is 65.7 Å². The Morgan fingerprint density at radius 3 is 2.83 bits per heavy atom. The first kappa shape index (κ1) is 20.5. The van der Waals surface area contributed by atoms with Crippen LogP contribution in [-0.4, -0.2) is 41.4 Å². The number of benzene rings is 1. The lowest BCUT2D eigenvalue weighted by molar-refractivity contribution is -0.146. The van der Waals surface area contributed by atoms with Crippen LogP contribution in [0, 0.1) is 5.92 Å². The minimum Gasteiger partial charge on any atom is -0.467 e. The van der Waals surface area contributed by atoms with Gasteiger partial charge in [0.1, 0.15) is 6.04 Å². The van der Waals surface area contributed by atoms with Crippen molar-refractivity contribution >= 4 is 34.8 Å². The van der Waals surface area contributed by atoms with E-state index in [-0.39, 0.29) is 12.0 Å². The summed E-state index contributed by atoms with van der Waals surface area (Å²) in [4.78, 5) is 23.4. The van der Waals surface area contributed by atoms with Crippen molar-refractivity contribution in [2.75, 3.05) is 13.7 Å². The highest BCUT2D eigenvalue weighted by Crippen LogP contribution is 2.43. The van der Waals surface area contributed by atoms with Crippen LogP contribution in [0.2, 0.25) is 5.02 Å². The van der Waals surface area contributed by atoms with Gasteiger partial charge in [0.2, 0.25) is 5.54 Å². The van der Waals surface area contributed by atoms with Gasteiger partial charge in [-0.2, -0.15) is 0 Å². The topological polar surface area (TPSA) is 57.7 Å². The monoisotopic (exact) mass is 423 g/mol. The first-order valence-corrected chi connectivity index (χ1v) is 10.6. The first-order chi connectivity index (χ1) is 14.6. The maximum Gasteiger partial charge on any atom is 0.340 e. The van der Waals surface area contributed by atoms with Gasteiger partial charge >= 0.3 is 5.97 Å². The summed E-state index contributed by atoms with van der Waals surface area (Å²) in [5.41, 5.74) is 0.693. The fourth-order valence-electron chi connectivity index (χ4n) is 3.97. The Morgan fingerprint density at radius 2 is 2.10 bits per heavy atom. The van der Waals surface area contributed by atoms with E-state index in [1.807, 2.05) is 61.6 Å². The predicted molar refractivity (Wildman–Crippen MR) is 122 cm³/mol. The van der Waals surface area contributed by atoms with Crippen molar-refractivity contribution in [3.05, 3.63) is 71.4 Å². The van der Waals surface area contributed by atoms with Gasteiger partial charge in [0.05, 0.1) is 13.4 Å². The van der Waals surface area contributed by atoms with E-state index in [2.05, 4.69) is 16.0 Å². The van der Waals surface area contributed by atoms with Crippen molar-refractivity contribution in [2.45, 2.75) is 31.3 Å². The van der Waals surface area contributed by atoms with Gasteiger partial charge in [-0.05, 0) is 55.3 Å². The lowest BCUT2D eigenvalue weighted by Gasteiger charge is -2.33. The van der Waals surface area contributed by atoms with Gasteiger partial charge in [0, 0.05) is 22.8 Å². The molecule has 2 aliphatic rings. The second kappa shape index (κ2) is 8.52. The van der Waals surface area contributed by atoms with Gasteiger partial charge in [-0.15, -0.1) is 0 Å². The zero-order chi connectivity index (χ0) is 21.1. The number of hydrogen-bond donors (Lipinski definition) is 1. The van der Waals surface area contributed by atoms with E-state index < -0.39 is 5.54 Å². The van der Waals surface area contributed by atoms with Crippen molar-refractivity contribution in [2.24, 2.45) is 10.9 Å². The van der Waals surface area contributed by atoms with E-state index in [4.69, 9.17) is 21.3 Å². The molecule has 6 heteroatoms. The maximum atomic E-state index is 13.1. The summed E-state index contributed by atoms with van der Waals surface area (Å²) in [6.45, 7) is 2.82. The number of aliphatic imine (C=N–C) groups is 1. The molecule has 0 radical (unpaired) electrons. The molecule has 30 heavy (non-hydrogen) atoms. The number of ether oxygens (including phenoxy) is 1. The van der Waals surface area contributed by atoms with E-state index in [0.29, 0.717) is 10.9 Å². The molecular formula is C24H26ClN3O2. The van der Waals surface area contributed by atoms with Crippen LogP contribution in [0.3, 0.4) is 0 Å². The van der Waals surface area contributed by atoms with Gasteiger partial charge in [-0.25, -0.2) is 4.79 Å². The highest BCUT2D eigenvalue weighted by Gasteiger charge is 2.52. The molecule has 1 aromatic carbocycles. The smallest absolute Gasteiger partial charge is 0.340 e. The second-order valence-corrected chi connectivity index (χ2v) is 8.27. The lowest BCUT2D eigenvalue weighted by Crippen LogP contribution is -2.45. The van der Waals surface area contributed by atoms with Gasteiger partial charge < -0.3 is 14.6 Å². The van der Waals surface area contributed by atoms with Gasteiger partial charge in [-0.1, -0.05) is 48.0 Å². The van der Waals surface area contributed by atoms with Crippen molar-refractivity contribution in [1.82, 2.24) is 9.88 Å². The fourth-order valence-corrected chi connectivity index (χ4v) is 4.14. The largest absolute Gasteiger partial charge is 0.467 e. The summed E-state index contributed by atoms with van der Waals surface area (Å²) in [5.74, 6) is 0.263. The molecule has 2 heterocycles. The molecule has 0 saturated heterocycles. The Morgan fingerprint density at radius 1 is 1.30 bits per heavy atom. The Kier molecular flexibility index (Phi) is 5.82. The molecule has 1 aliphatic heterocycles. The average Bonchev–Trinajstić information content (AvgIpc) is 3.35. The molecule has 1 aliphatic carbocycles. The highest BCUT2D eigenvalue weighted by molar-refractivity contribution is 6.31. The number of aromatic nitrogens is 1. The summed E-state index contributed by atoms with van der Waals surface area (Å²) in [6.07, 6.45) is 15.6. The van der Waals surface area contributed by atoms with Crippen LogP contribution in [0.5, 0.6) is 0 Å². The SMILES string of the molecule is C\C=C/C=C\C=C\[C@@]1(C(=O)OC)N=CN(CC2CC2)C1c1cc2ccc(Cl)cc2[nH]1. The van der Waals surface area contributed by atoms with E-state index in [0.717, 1.165) is 23.1 Å². The van der Waals surface area contributed by atoms with Crippen LogP contribution in [0.25, 0.3) is 10.9 Å². The number of rotatable bonds is 7. The van der Waals surface area contributed by atoms with Crippen molar-refractivity contribution in [3.8, 4) is 0 Å². The molecule has 1 unspecified atom stereocenters. The number of methoxy groups -OCH3 is 1. The quantitative estimate of drug-likeness (QED) is 0.490. The Hall–Kier alpha value is -2.79.